The van der Waals surface area contributed by atoms with E-state index in [4.69, 9.17) is 20.8 Å². The van der Waals surface area contributed by atoms with Crippen LogP contribution in [0.5, 0.6) is 0 Å². The second kappa shape index (κ2) is 7.12. The van der Waals surface area contributed by atoms with E-state index in [1.807, 2.05) is 36.4 Å². The van der Waals surface area contributed by atoms with Crippen LogP contribution >= 0.6 is 11.6 Å². The third kappa shape index (κ3) is 5.92. The van der Waals surface area contributed by atoms with Crippen molar-refractivity contribution < 1.29 is 9.15 Å². The third-order valence-corrected chi connectivity index (χ3v) is 3.15. The highest BCUT2D eigenvalue weighted by molar-refractivity contribution is 6.30. The van der Waals surface area contributed by atoms with Crippen molar-refractivity contribution in [1.29, 1.82) is 0 Å². The number of hydrogen-bond donors (Lipinski definition) is 1. The van der Waals surface area contributed by atoms with Crippen LogP contribution in [0.25, 0.3) is 0 Å². The molecule has 0 saturated carbocycles. The molecular formula is C17H22ClNO2. The minimum absolute atomic E-state index is 0.0794. The lowest BCUT2D eigenvalue weighted by Gasteiger charge is -2.19. The Balaban J connectivity index is 1.78. The molecule has 0 radical (unpaired) electrons. The van der Waals surface area contributed by atoms with E-state index in [1.165, 1.54) is 0 Å². The standard InChI is InChI=1S/C17H22ClNO2/c1-17(2,3)19-10-15-7-8-16(21-15)12-20-11-13-5-4-6-14(18)9-13/h4-9,19H,10-12H2,1-3H3. The summed E-state index contributed by atoms with van der Waals surface area (Å²) in [5.74, 6) is 1.76. The van der Waals surface area contributed by atoms with E-state index in [-0.39, 0.29) is 5.54 Å². The SMILES string of the molecule is CC(C)(C)NCc1ccc(COCc2cccc(Cl)c2)o1. The lowest BCUT2D eigenvalue weighted by molar-refractivity contribution is 0.0919. The summed E-state index contributed by atoms with van der Waals surface area (Å²) in [4.78, 5) is 0. The molecule has 0 saturated heterocycles. The first-order chi connectivity index (χ1) is 9.92. The summed E-state index contributed by atoms with van der Waals surface area (Å²) in [6.45, 7) is 8.09. The number of halogens is 1. The topological polar surface area (TPSA) is 34.4 Å². The molecule has 0 aliphatic carbocycles. The van der Waals surface area contributed by atoms with Crippen molar-refractivity contribution in [2.75, 3.05) is 0 Å². The number of rotatable bonds is 6. The zero-order valence-corrected chi connectivity index (χ0v) is 13.5. The first kappa shape index (κ1) is 16.1. The van der Waals surface area contributed by atoms with E-state index in [1.54, 1.807) is 0 Å². The van der Waals surface area contributed by atoms with Gasteiger partial charge in [0.1, 0.15) is 18.1 Å². The second-order valence-electron chi connectivity index (χ2n) is 6.09. The van der Waals surface area contributed by atoms with E-state index < -0.39 is 0 Å². The Bertz CT molecular complexity index is 572. The van der Waals surface area contributed by atoms with Gasteiger partial charge in [0.15, 0.2) is 0 Å². The molecule has 114 valence electrons. The van der Waals surface area contributed by atoms with E-state index in [0.29, 0.717) is 13.2 Å². The maximum Gasteiger partial charge on any atom is 0.129 e. The Morgan fingerprint density at radius 1 is 1.10 bits per heavy atom. The molecular weight excluding hydrogens is 286 g/mol. The van der Waals surface area contributed by atoms with E-state index in [0.717, 1.165) is 28.7 Å². The zero-order valence-electron chi connectivity index (χ0n) is 12.8. The molecule has 0 amide bonds. The maximum absolute atomic E-state index is 5.93. The van der Waals surface area contributed by atoms with Crippen LogP contribution in [0.2, 0.25) is 5.02 Å². The van der Waals surface area contributed by atoms with E-state index in [2.05, 4.69) is 26.1 Å². The van der Waals surface area contributed by atoms with Gasteiger partial charge in [-0.3, -0.25) is 0 Å². The molecule has 1 aromatic heterocycles. The van der Waals surface area contributed by atoms with Crippen molar-refractivity contribution in [3.05, 3.63) is 58.5 Å². The molecule has 3 nitrogen and oxygen atoms in total. The molecule has 1 N–H and O–H groups in total. The lowest BCUT2D eigenvalue weighted by atomic mass is 10.1. The number of nitrogens with one attached hydrogen (secondary N) is 1. The van der Waals surface area contributed by atoms with Crippen LogP contribution in [-0.2, 0) is 24.5 Å². The van der Waals surface area contributed by atoms with Gasteiger partial charge in [-0.2, -0.15) is 0 Å². The lowest BCUT2D eigenvalue weighted by Crippen LogP contribution is -2.34. The minimum atomic E-state index is 0.0794. The largest absolute Gasteiger partial charge is 0.462 e. The molecule has 0 aliphatic heterocycles. The van der Waals surface area contributed by atoms with E-state index in [9.17, 15) is 0 Å². The quantitative estimate of drug-likeness (QED) is 0.851. The molecule has 0 fully saturated rings. The second-order valence-corrected chi connectivity index (χ2v) is 6.53. The molecule has 4 heteroatoms. The predicted molar refractivity (Wildman–Crippen MR) is 85.2 cm³/mol. The Kier molecular flexibility index (Phi) is 5.45. The predicted octanol–water partition coefficient (Wildman–Crippen LogP) is 4.54. The molecule has 0 bridgehead atoms. The fourth-order valence-electron chi connectivity index (χ4n) is 1.84. The number of benzene rings is 1. The molecule has 2 rings (SSSR count). The Hall–Kier alpha value is -1.29. The summed E-state index contributed by atoms with van der Waals surface area (Å²) in [5.41, 5.74) is 1.14. The van der Waals surface area contributed by atoms with E-state index >= 15 is 0 Å². The van der Waals surface area contributed by atoms with Gasteiger partial charge in [0.05, 0.1) is 13.2 Å². The Morgan fingerprint density at radius 2 is 1.86 bits per heavy atom. The molecule has 21 heavy (non-hydrogen) atoms. The highest BCUT2D eigenvalue weighted by atomic mass is 35.5. The highest BCUT2D eigenvalue weighted by Gasteiger charge is 2.10. The number of hydrogen-bond acceptors (Lipinski definition) is 3. The summed E-state index contributed by atoms with van der Waals surface area (Å²) in [6, 6.07) is 11.6. The highest BCUT2D eigenvalue weighted by Crippen LogP contribution is 2.14. The molecule has 0 unspecified atom stereocenters. The van der Waals surface area contributed by atoms with Gasteiger partial charge in [-0.25, -0.2) is 0 Å². The van der Waals surface area contributed by atoms with Crippen LogP contribution in [-0.4, -0.2) is 5.54 Å². The van der Waals surface area contributed by atoms with Crippen molar-refractivity contribution in [3.8, 4) is 0 Å². The molecule has 0 aliphatic rings. The molecule has 0 spiro atoms. The van der Waals surface area contributed by atoms with Gasteiger partial charge in [-0.1, -0.05) is 23.7 Å². The van der Waals surface area contributed by atoms with Gasteiger partial charge in [-0.15, -0.1) is 0 Å². The maximum atomic E-state index is 5.93. The average Bonchev–Trinajstić information content (AvgIpc) is 2.84. The van der Waals surface area contributed by atoms with Crippen molar-refractivity contribution >= 4 is 11.6 Å². The summed E-state index contributed by atoms with van der Waals surface area (Å²) < 4.78 is 11.4. The smallest absolute Gasteiger partial charge is 0.129 e. The molecule has 1 heterocycles. The van der Waals surface area contributed by atoms with Crippen LogP contribution in [0.3, 0.4) is 0 Å². The fraction of sp³-hybridized carbons (Fsp3) is 0.412. The summed E-state index contributed by atoms with van der Waals surface area (Å²) in [6.07, 6.45) is 0. The summed E-state index contributed by atoms with van der Waals surface area (Å²) in [5, 5.41) is 4.12. The van der Waals surface area contributed by atoms with Gasteiger partial charge in [-0.05, 0) is 50.6 Å². The van der Waals surface area contributed by atoms with Gasteiger partial charge < -0.3 is 14.5 Å². The molecule has 1 aromatic carbocycles. The van der Waals surface area contributed by atoms with Crippen LogP contribution in [0.15, 0.2) is 40.8 Å². The van der Waals surface area contributed by atoms with Gasteiger partial charge in [0, 0.05) is 10.6 Å². The summed E-state index contributed by atoms with van der Waals surface area (Å²) in [7, 11) is 0. The van der Waals surface area contributed by atoms with Gasteiger partial charge >= 0.3 is 0 Å². The van der Waals surface area contributed by atoms with Crippen molar-refractivity contribution in [3.63, 3.8) is 0 Å². The Morgan fingerprint density at radius 3 is 2.57 bits per heavy atom. The first-order valence-electron chi connectivity index (χ1n) is 7.07. The third-order valence-electron chi connectivity index (χ3n) is 2.91. The fourth-order valence-corrected chi connectivity index (χ4v) is 2.06. The van der Waals surface area contributed by atoms with Gasteiger partial charge in [0.2, 0.25) is 0 Å². The number of furan rings is 1. The average molecular weight is 308 g/mol. The van der Waals surface area contributed by atoms with Crippen LogP contribution in [0, 0.1) is 0 Å². The Labute approximate surface area is 131 Å². The van der Waals surface area contributed by atoms with Crippen molar-refractivity contribution in [2.45, 2.75) is 46.1 Å². The zero-order chi connectivity index (χ0) is 15.3. The van der Waals surface area contributed by atoms with Crippen molar-refractivity contribution in [2.24, 2.45) is 0 Å². The van der Waals surface area contributed by atoms with Gasteiger partial charge in [0.25, 0.3) is 0 Å². The molecule has 0 atom stereocenters. The van der Waals surface area contributed by atoms with Crippen LogP contribution < -0.4 is 5.32 Å². The number of ether oxygens (including phenoxy) is 1. The minimum Gasteiger partial charge on any atom is -0.462 e. The molecule has 2 aromatic rings. The van der Waals surface area contributed by atoms with Crippen molar-refractivity contribution in [1.82, 2.24) is 5.32 Å². The van der Waals surface area contributed by atoms with Crippen LogP contribution in [0.4, 0.5) is 0 Å². The van der Waals surface area contributed by atoms with Crippen LogP contribution in [0.1, 0.15) is 37.9 Å². The summed E-state index contributed by atoms with van der Waals surface area (Å²) >= 11 is 5.93. The normalized spacial score (nSPS) is 11.8. The monoisotopic (exact) mass is 307 g/mol. The first-order valence-corrected chi connectivity index (χ1v) is 7.45.